The Balaban J connectivity index is 1.17. The van der Waals surface area contributed by atoms with Gasteiger partial charge in [-0.3, -0.25) is 19.1 Å². The Labute approximate surface area is 202 Å². The fraction of sp³-hybridized carbons (Fsp3) is 0.320. The number of carbonyl (C=O) groups excluding carboxylic acids is 1. The average Bonchev–Trinajstić information content (AvgIpc) is 3.57. The fourth-order valence-electron chi connectivity index (χ4n) is 4.67. The van der Waals surface area contributed by atoms with Crippen molar-refractivity contribution < 1.29 is 9.53 Å². The van der Waals surface area contributed by atoms with Gasteiger partial charge in [0.1, 0.15) is 12.1 Å². The SMILES string of the molecule is O=C1CN(CCc2ccc(-c3cnc(NCc4cccc5c4CCO5)n4cnnc34)cn2)CCN1. The van der Waals surface area contributed by atoms with Crippen molar-refractivity contribution in [2.45, 2.75) is 19.4 Å². The van der Waals surface area contributed by atoms with E-state index in [2.05, 4.69) is 41.8 Å². The van der Waals surface area contributed by atoms with Gasteiger partial charge in [0.15, 0.2) is 5.65 Å². The number of benzene rings is 1. The standard InChI is InChI=1S/C25H26N8O2/c34-23-15-32(10-8-26-23)9-6-19-5-4-18(12-27-19)21-14-29-25(33-16-30-31-24(21)33)28-13-17-2-1-3-22-20(17)7-11-35-22/h1-5,12,14,16H,6-11,13,15H2,(H,26,34)(H,28,29). The maximum absolute atomic E-state index is 11.6. The molecule has 10 nitrogen and oxygen atoms in total. The van der Waals surface area contributed by atoms with Gasteiger partial charge in [0.25, 0.3) is 0 Å². The lowest BCUT2D eigenvalue weighted by Crippen LogP contribution is -2.48. The Morgan fingerprint density at radius 3 is 3.00 bits per heavy atom. The predicted octanol–water partition coefficient (Wildman–Crippen LogP) is 1.71. The largest absolute Gasteiger partial charge is 0.493 e. The first-order valence-corrected chi connectivity index (χ1v) is 11.8. The number of hydrogen-bond donors (Lipinski definition) is 2. The second kappa shape index (κ2) is 9.30. The number of ether oxygens (including phenoxy) is 1. The van der Waals surface area contributed by atoms with E-state index in [1.165, 1.54) is 11.1 Å². The van der Waals surface area contributed by atoms with Crippen molar-refractivity contribution in [1.29, 1.82) is 0 Å². The van der Waals surface area contributed by atoms with Crippen LogP contribution in [0.1, 0.15) is 16.8 Å². The zero-order chi connectivity index (χ0) is 23.6. The van der Waals surface area contributed by atoms with Crippen LogP contribution in [0.25, 0.3) is 16.8 Å². The zero-order valence-corrected chi connectivity index (χ0v) is 19.3. The number of anilines is 1. The zero-order valence-electron chi connectivity index (χ0n) is 19.3. The normalized spacial score (nSPS) is 15.6. The van der Waals surface area contributed by atoms with E-state index < -0.39 is 0 Å². The summed E-state index contributed by atoms with van der Waals surface area (Å²) in [6.45, 7) is 4.22. The Bertz CT molecular complexity index is 1370. The van der Waals surface area contributed by atoms with Gasteiger partial charge in [-0.05, 0) is 17.7 Å². The molecule has 0 radical (unpaired) electrons. The molecule has 2 aliphatic rings. The monoisotopic (exact) mass is 470 g/mol. The summed E-state index contributed by atoms with van der Waals surface area (Å²) in [6, 6.07) is 10.2. The number of rotatable bonds is 7. The quantitative estimate of drug-likeness (QED) is 0.420. The molecule has 2 aliphatic heterocycles. The molecule has 0 bridgehead atoms. The third-order valence-corrected chi connectivity index (χ3v) is 6.55. The van der Waals surface area contributed by atoms with Gasteiger partial charge in [-0.1, -0.05) is 18.2 Å². The number of fused-ring (bicyclic) bond motifs is 2. The first kappa shape index (κ1) is 21.5. The second-order valence-corrected chi connectivity index (χ2v) is 8.78. The van der Waals surface area contributed by atoms with E-state index in [9.17, 15) is 4.79 Å². The molecular formula is C25H26N8O2. The van der Waals surface area contributed by atoms with Crippen molar-refractivity contribution in [1.82, 2.24) is 34.8 Å². The second-order valence-electron chi connectivity index (χ2n) is 8.78. The molecule has 0 saturated carbocycles. The maximum Gasteiger partial charge on any atom is 0.234 e. The van der Waals surface area contributed by atoms with Crippen molar-refractivity contribution in [3.63, 3.8) is 0 Å². The lowest BCUT2D eigenvalue weighted by atomic mass is 10.1. The van der Waals surface area contributed by atoms with Gasteiger partial charge in [0.05, 0.1) is 13.2 Å². The highest BCUT2D eigenvalue weighted by molar-refractivity contribution is 5.78. The van der Waals surface area contributed by atoms with Gasteiger partial charge >= 0.3 is 0 Å². The van der Waals surface area contributed by atoms with Gasteiger partial charge in [-0.15, -0.1) is 10.2 Å². The summed E-state index contributed by atoms with van der Waals surface area (Å²) in [7, 11) is 0. The Kier molecular flexibility index (Phi) is 5.71. The molecule has 6 rings (SSSR count). The molecule has 0 spiro atoms. The van der Waals surface area contributed by atoms with Crippen LogP contribution in [0.5, 0.6) is 5.75 Å². The van der Waals surface area contributed by atoms with Crippen LogP contribution in [-0.2, 0) is 24.2 Å². The third kappa shape index (κ3) is 4.40. The van der Waals surface area contributed by atoms with E-state index in [-0.39, 0.29) is 5.91 Å². The molecule has 1 aromatic carbocycles. The van der Waals surface area contributed by atoms with E-state index in [0.29, 0.717) is 25.6 Å². The van der Waals surface area contributed by atoms with Crippen LogP contribution in [-0.4, -0.2) is 68.2 Å². The maximum atomic E-state index is 11.6. The Morgan fingerprint density at radius 2 is 2.11 bits per heavy atom. The van der Waals surface area contributed by atoms with Crippen molar-refractivity contribution in [3.8, 4) is 16.9 Å². The minimum Gasteiger partial charge on any atom is -0.493 e. The van der Waals surface area contributed by atoms with Crippen molar-refractivity contribution in [2.24, 2.45) is 0 Å². The summed E-state index contributed by atoms with van der Waals surface area (Å²) >= 11 is 0. The molecule has 0 unspecified atom stereocenters. The van der Waals surface area contributed by atoms with Gasteiger partial charge in [0.2, 0.25) is 11.9 Å². The predicted molar refractivity (Wildman–Crippen MR) is 130 cm³/mol. The van der Waals surface area contributed by atoms with Crippen LogP contribution in [0.3, 0.4) is 0 Å². The Hall–Kier alpha value is -4.05. The molecule has 4 aromatic rings. The van der Waals surface area contributed by atoms with Crippen molar-refractivity contribution >= 4 is 17.5 Å². The first-order chi connectivity index (χ1) is 17.2. The number of nitrogens with zero attached hydrogens (tertiary/aromatic N) is 6. The summed E-state index contributed by atoms with van der Waals surface area (Å²) in [5.74, 6) is 1.74. The molecule has 2 N–H and O–H groups in total. The minimum atomic E-state index is 0.0870. The van der Waals surface area contributed by atoms with Crippen LogP contribution < -0.4 is 15.4 Å². The van der Waals surface area contributed by atoms with Gasteiger partial charge in [-0.2, -0.15) is 0 Å². The highest BCUT2D eigenvalue weighted by Gasteiger charge is 2.18. The average molecular weight is 471 g/mol. The molecule has 1 saturated heterocycles. The van der Waals surface area contributed by atoms with Crippen molar-refractivity contribution in [2.75, 3.05) is 38.1 Å². The number of piperazine rings is 1. The fourth-order valence-corrected chi connectivity index (χ4v) is 4.67. The van der Waals surface area contributed by atoms with E-state index in [0.717, 1.165) is 60.8 Å². The highest BCUT2D eigenvalue weighted by atomic mass is 16.5. The number of pyridine rings is 1. The molecule has 3 aromatic heterocycles. The number of carbonyl (C=O) groups is 1. The molecule has 10 heteroatoms. The summed E-state index contributed by atoms with van der Waals surface area (Å²) in [4.78, 5) is 23.0. The molecule has 178 valence electrons. The molecule has 5 heterocycles. The summed E-state index contributed by atoms with van der Waals surface area (Å²) < 4.78 is 7.54. The van der Waals surface area contributed by atoms with Crippen LogP contribution in [0.15, 0.2) is 49.1 Å². The number of amides is 1. The van der Waals surface area contributed by atoms with E-state index in [1.54, 1.807) is 6.33 Å². The summed E-state index contributed by atoms with van der Waals surface area (Å²) in [5, 5.41) is 14.7. The first-order valence-electron chi connectivity index (χ1n) is 11.8. The number of aromatic nitrogens is 5. The van der Waals surface area contributed by atoms with Crippen LogP contribution >= 0.6 is 0 Å². The smallest absolute Gasteiger partial charge is 0.234 e. The van der Waals surface area contributed by atoms with Gasteiger partial charge in [-0.25, -0.2) is 4.98 Å². The van der Waals surface area contributed by atoms with E-state index in [1.807, 2.05) is 41.1 Å². The van der Waals surface area contributed by atoms with Crippen LogP contribution in [0.4, 0.5) is 5.95 Å². The van der Waals surface area contributed by atoms with Crippen LogP contribution in [0.2, 0.25) is 0 Å². The van der Waals surface area contributed by atoms with Crippen LogP contribution in [0, 0.1) is 0 Å². The van der Waals surface area contributed by atoms with Crippen molar-refractivity contribution in [3.05, 3.63) is 65.9 Å². The van der Waals surface area contributed by atoms with Gasteiger partial charge < -0.3 is 15.4 Å². The number of hydrogen-bond acceptors (Lipinski definition) is 8. The van der Waals surface area contributed by atoms with E-state index >= 15 is 0 Å². The molecule has 35 heavy (non-hydrogen) atoms. The third-order valence-electron chi connectivity index (χ3n) is 6.55. The molecule has 0 atom stereocenters. The summed E-state index contributed by atoms with van der Waals surface area (Å²) in [5.41, 5.74) is 5.97. The molecule has 1 fully saturated rings. The highest BCUT2D eigenvalue weighted by Crippen LogP contribution is 2.29. The Morgan fingerprint density at radius 1 is 1.14 bits per heavy atom. The topological polar surface area (TPSA) is 110 Å². The van der Waals surface area contributed by atoms with Gasteiger partial charge in [0, 0.05) is 73.8 Å². The minimum absolute atomic E-state index is 0.0870. The molecule has 1 amide bonds. The molecular weight excluding hydrogens is 444 g/mol. The molecule has 0 aliphatic carbocycles. The lowest BCUT2D eigenvalue weighted by Gasteiger charge is -2.26. The van der Waals surface area contributed by atoms with E-state index in [4.69, 9.17) is 4.74 Å². The number of nitrogens with one attached hydrogen (secondary N) is 2. The summed E-state index contributed by atoms with van der Waals surface area (Å²) in [6.07, 6.45) is 7.06. The lowest BCUT2D eigenvalue weighted by molar-refractivity contribution is -0.124.